The normalized spacial score (nSPS) is 30.1. The summed E-state index contributed by atoms with van der Waals surface area (Å²) in [5.41, 5.74) is 3.59. The van der Waals surface area contributed by atoms with Crippen molar-refractivity contribution in [2.45, 2.75) is 38.5 Å². The van der Waals surface area contributed by atoms with Gasteiger partial charge >= 0.3 is 0 Å². The van der Waals surface area contributed by atoms with Crippen molar-refractivity contribution in [3.05, 3.63) is 27.2 Å². The lowest BCUT2D eigenvalue weighted by atomic mass is 9.95. The molecule has 19 heavy (non-hydrogen) atoms. The zero-order valence-corrected chi connectivity index (χ0v) is 14.0. The second-order valence-corrected chi connectivity index (χ2v) is 7.31. The molecule has 104 valence electrons. The summed E-state index contributed by atoms with van der Waals surface area (Å²) in [5, 5.41) is 0.0986. The first-order valence-corrected chi connectivity index (χ1v) is 8.26. The lowest BCUT2D eigenvalue weighted by Crippen LogP contribution is -2.05. The minimum absolute atomic E-state index is 0.0986. The Morgan fingerprint density at radius 3 is 2.53 bits per heavy atom. The maximum absolute atomic E-state index is 6.84. The predicted molar refractivity (Wildman–Crippen MR) is 83.1 cm³/mol. The van der Waals surface area contributed by atoms with Crippen LogP contribution in [0.5, 0.6) is 5.75 Å². The number of benzene rings is 1. The summed E-state index contributed by atoms with van der Waals surface area (Å²) in [5.74, 6) is 3.37. The lowest BCUT2D eigenvalue weighted by molar-refractivity contribution is 0.402. The van der Waals surface area contributed by atoms with E-state index in [1.807, 2.05) is 0 Å². The molecule has 1 aromatic rings. The molecule has 3 unspecified atom stereocenters. The Morgan fingerprint density at radius 1 is 1.32 bits per heavy atom. The van der Waals surface area contributed by atoms with Gasteiger partial charge in [-0.3, -0.25) is 0 Å². The van der Waals surface area contributed by atoms with Crippen molar-refractivity contribution in [3.63, 3.8) is 0 Å². The number of halogens is 2. The van der Waals surface area contributed by atoms with Gasteiger partial charge in [-0.25, -0.2) is 0 Å². The second kappa shape index (κ2) is 4.96. The maximum atomic E-state index is 6.84. The van der Waals surface area contributed by atoms with Crippen LogP contribution >= 0.6 is 27.5 Å². The third-order valence-electron chi connectivity index (χ3n) is 5.00. The molecule has 3 atom stereocenters. The van der Waals surface area contributed by atoms with Crippen LogP contribution in [0, 0.1) is 31.6 Å². The molecule has 1 aromatic carbocycles. The van der Waals surface area contributed by atoms with Crippen LogP contribution in [0.2, 0.25) is 0 Å². The average Bonchev–Trinajstić information content (AvgIpc) is 2.85. The van der Waals surface area contributed by atoms with Gasteiger partial charge in [0.2, 0.25) is 0 Å². The molecule has 0 aliphatic heterocycles. The third kappa shape index (κ3) is 2.12. The van der Waals surface area contributed by atoms with E-state index < -0.39 is 0 Å². The van der Waals surface area contributed by atoms with E-state index in [0.29, 0.717) is 5.92 Å². The van der Waals surface area contributed by atoms with Crippen LogP contribution in [0.25, 0.3) is 0 Å². The number of rotatable bonds is 3. The van der Waals surface area contributed by atoms with Crippen LogP contribution in [0.1, 0.15) is 41.3 Å². The molecule has 2 aliphatic carbocycles. The van der Waals surface area contributed by atoms with Gasteiger partial charge in [0, 0.05) is 10.0 Å². The molecule has 2 fully saturated rings. The van der Waals surface area contributed by atoms with Gasteiger partial charge in [0.05, 0.1) is 12.5 Å². The van der Waals surface area contributed by atoms with E-state index in [4.69, 9.17) is 16.3 Å². The fourth-order valence-electron chi connectivity index (χ4n) is 3.98. The van der Waals surface area contributed by atoms with E-state index in [9.17, 15) is 0 Å². The highest BCUT2D eigenvalue weighted by molar-refractivity contribution is 9.10. The Labute approximate surface area is 128 Å². The summed E-state index contributed by atoms with van der Waals surface area (Å²) < 4.78 is 6.76. The van der Waals surface area contributed by atoms with Crippen LogP contribution in [0.3, 0.4) is 0 Å². The van der Waals surface area contributed by atoms with Crippen molar-refractivity contribution >= 4 is 27.5 Å². The molecule has 0 heterocycles. The fourth-order valence-corrected chi connectivity index (χ4v) is 5.18. The van der Waals surface area contributed by atoms with Crippen molar-refractivity contribution in [2.75, 3.05) is 7.11 Å². The van der Waals surface area contributed by atoms with Gasteiger partial charge in [-0.15, -0.1) is 11.6 Å². The topological polar surface area (TPSA) is 9.23 Å². The Morgan fingerprint density at radius 2 is 1.95 bits per heavy atom. The second-order valence-electron chi connectivity index (χ2n) is 5.98. The largest absolute Gasteiger partial charge is 0.496 e. The van der Waals surface area contributed by atoms with E-state index in [1.165, 1.54) is 30.4 Å². The maximum Gasteiger partial charge on any atom is 0.126 e. The molecule has 0 radical (unpaired) electrons. The van der Waals surface area contributed by atoms with Crippen LogP contribution in [0.4, 0.5) is 0 Å². The van der Waals surface area contributed by atoms with Gasteiger partial charge in [0.15, 0.2) is 0 Å². The van der Waals surface area contributed by atoms with E-state index in [0.717, 1.165) is 27.6 Å². The minimum atomic E-state index is 0.0986. The molecule has 2 saturated carbocycles. The summed E-state index contributed by atoms with van der Waals surface area (Å²) in [7, 11) is 1.75. The molecule has 3 rings (SSSR count). The average molecular weight is 344 g/mol. The Kier molecular flexibility index (Phi) is 3.59. The van der Waals surface area contributed by atoms with E-state index in [1.54, 1.807) is 7.11 Å². The van der Waals surface area contributed by atoms with E-state index in [-0.39, 0.29) is 5.38 Å². The summed E-state index contributed by atoms with van der Waals surface area (Å²) in [6, 6.07) is 2.12. The standard InChI is InChI=1S/C16H20BrClO/c1-8-7-12(17)9(2)13(16(8)19-3)15(18)14-10-5-4-6-11(10)14/h7,10-11,14-15H,4-6H2,1-3H3. The van der Waals surface area contributed by atoms with Crippen LogP contribution in [-0.4, -0.2) is 7.11 Å². The molecule has 0 bridgehead atoms. The monoisotopic (exact) mass is 342 g/mol. The molecule has 0 amide bonds. The molecule has 3 heteroatoms. The molecule has 0 spiro atoms. The molecule has 0 saturated heterocycles. The van der Waals surface area contributed by atoms with Crippen molar-refractivity contribution in [1.29, 1.82) is 0 Å². The highest BCUT2D eigenvalue weighted by Crippen LogP contribution is 2.65. The van der Waals surface area contributed by atoms with Gasteiger partial charge in [-0.05, 0) is 61.6 Å². The van der Waals surface area contributed by atoms with Crippen molar-refractivity contribution in [1.82, 2.24) is 0 Å². The molecule has 0 N–H and O–H groups in total. The number of hydrogen-bond acceptors (Lipinski definition) is 1. The first kappa shape index (κ1) is 13.8. The minimum Gasteiger partial charge on any atom is -0.496 e. The highest BCUT2D eigenvalue weighted by Gasteiger charge is 2.56. The summed E-state index contributed by atoms with van der Waals surface area (Å²) in [6.07, 6.45) is 4.13. The van der Waals surface area contributed by atoms with Gasteiger partial charge in [0.25, 0.3) is 0 Å². The van der Waals surface area contributed by atoms with E-state index >= 15 is 0 Å². The molecule has 2 aliphatic rings. The summed E-state index contributed by atoms with van der Waals surface area (Å²) >= 11 is 10.5. The highest BCUT2D eigenvalue weighted by atomic mass is 79.9. The molecule has 0 aromatic heterocycles. The smallest absolute Gasteiger partial charge is 0.126 e. The quantitative estimate of drug-likeness (QED) is 0.668. The van der Waals surface area contributed by atoms with Gasteiger partial charge < -0.3 is 4.74 Å². The number of fused-ring (bicyclic) bond motifs is 1. The molecule has 1 nitrogen and oxygen atoms in total. The van der Waals surface area contributed by atoms with Crippen molar-refractivity contribution in [2.24, 2.45) is 17.8 Å². The number of alkyl halides is 1. The Balaban J connectivity index is 1.99. The third-order valence-corrected chi connectivity index (χ3v) is 6.33. The Hall–Kier alpha value is -0.210. The van der Waals surface area contributed by atoms with E-state index in [2.05, 4.69) is 35.8 Å². The zero-order chi connectivity index (χ0) is 13.7. The first-order valence-electron chi connectivity index (χ1n) is 7.04. The van der Waals surface area contributed by atoms with Gasteiger partial charge in [-0.2, -0.15) is 0 Å². The first-order chi connectivity index (χ1) is 9.06. The zero-order valence-electron chi connectivity index (χ0n) is 11.7. The van der Waals surface area contributed by atoms with Gasteiger partial charge in [0.1, 0.15) is 5.75 Å². The van der Waals surface area contributed by atoms with Crippen LogP contribution < -0.4 is 4.74 Å². The van der Waals surface area contributed by atoms with Gasteiger partial charge in [-0.1, -0.05) is 22.4 Å². The Bertz CT molecular complexity index is 504. The number of ether oxygens (including phenoxy) is 1. The van der Waals surface area contributed by atoms with Crippen LogP contribution in [-0.2, 0) is 0 Å². The SMILES string of the molecule is COc1c(C)cc(Br)c(C)c1C(Cl)C1C2CCCC21. The predicted octanol–water partition coefficient (Wildman–Crippen LogP) is 5.40. The van der Waals surface area contributed by atoms with Crippen molar-refractivity contribution in [3.8, 4) is 5.75 Å². The fraction of sp³-hybridized carbons (Fsp3) is 0.625. The van der Waals surface area contributed by atoms with Crippen LogP contribution in [0.15, 0.2) is 10.5 Å². The molecular formula is C16H20BrClO. The number of methoxy groups -OCH3 is 1. The molecular weight excluding hydrogens is 324 g/mol. The lowest BCUT2D eigenvalue weighted by Gasteiger charge is -2.21. The summed E-state index contributed by atoms with van der Waals surface area (Å²) in [6.45, 7) is 4.22. The van der Waals surface area contributed by atoms with Crippen molar-refractivity contribution < 1.29 is 4.74 Å². The summed E-state index contributed by atoms with van der Waals surface area (Å²) in [4.78, 5) is 0. The number of aryl methyl sites for hydroxylation is 1. The number of hydrogen-bond donors (Lipinski definition) is 0.